The van der Waals surface area contributed by atoms with Crippen LogP contribution in [0.5, 0.6) is 0 Å². The van der Waals surface area contributed by atoms with Gasteiger partial charge in [-0.15, -0.1) is 0 Å². The number of amides is 1. The highest BCUT2D eigenvalue weighted by molar-refractivity contribution is 7.89. The van der Waals surface area contributed by atoms with E-state index in [-0.39, 0.29) is 11.5 Å². The van der Waals surface area contributed by atoms with Crippen molar-refractivity contribution in [1.82, 2.24) is 15.0 Å². The van der Waals surface area contributed by atoms with Gasteiger partial charge in [-0.1, -0.05) is 0 Å². The Balaban J connectivity index is 2.53. The number of nitrogens with zero attached hydrogens (tertiary/aromatic N) is 1. The molecule has 128 valence electrons. The largest absolute Gasteiger partial charge is 0.466 e. The molecule has 23 heavy (non-hydrogen) atoms. The highest BCUT2D eigenvalue weighted by Crippen LogP contribution is 2.06. The zero-order valence-electron chi connectivity index (χ0n) is 13.3. The first-order valence-electron chi connectivity index (χ1n) is 7.13. The standard InChI is InChI=1S/C14H21N3O5S/c1-4-22-14(19)10(2)11(3)17-13(18)9-16-23(20,21)12-6-5-7-15-8-12/h5-8,10-11,16H,4,9H2,1-3H3,(H,17,18). The molecule has 9 heteroatoms. The summed E-state index contributed by atoms with van der Waals surface area (Å²) in [5.74, 6) is -1.49. The second-order valence-corrected chi connectivity index (χ2v) is 6.68. The number of hydrogen-bond donors (Lipinski definition) is 2. The van der Waals surface area contributed by atoms with Gasteiger partial charge in [-0.2, -0.15) is 0 Å². The number of nitrogens with one attached hydrogen (secondary N) is 2. The van der Waals surface area contributed by atoms with Crippen LogP contribution in [-0.2, 0) is 24.3 Å². The predicted octanol–water partition coefficient (Wildman–Crippen LogP) is 0.0638. The molecule has 0 radical (unpaired) electrons. The minimum Gasteiger partial charge on any atom is -0.466 e. The van der Waals surface area contributed by atoms with E-state index >= 15 is 0 Å². The summed E-state index contributed by atoms with van der Waals surface area (Å²) in [5, 5.41) is 2.56. The average molecular weight is 343 g/mol. The first-order chi connectivity index (χ1) is 10.8. The summed E-state index contributed by atoms with van der Waals surface area (Å²) in [5.41, 5.74) is 0. The van der Waals surface area contributed by atoms with Gasteiger partial charge in [-0.25, -0.2) is 13.1 Å². The molecule has 8 nitrogen and oxygen atoms in total. The predicted molar refractivity (Wildman–Crippen MR) is 82.8 cm³/mol. The molecule has 2 unspecified atom stereocenters. The molecule has 0 aliphatic heterocycles. The van der Waals surface area contributed by atoms with E-state index in [1.54, 1.807) is 20.8 Å². The van der Waals surface area contributed by atoms with Crippen LogP contribution in [0.1, 0.15) is 20.8 Å². The molecular formula is C14H21N3O5S. The maximum absolute atomic E-state index is 11.9. The number of pyridine rings is 1. The number of carbonyl (C=O) groups excluding carboxylic acids is 2. The highest BCUT2D eigenvalue weighted by Gasteiger charge is 2.23. The fourth-order valence-corrected chi connectivity index (χ4v) is 2.60. The molecule has 2 atom stereocenters. The van der Waals surface area contributed by atoms with E-state index < -0.39 is 40.4 Å². The summed E-state index contributed by atoms with van der Waals surface area (Å²) < 4.78 is 30.9. The molecule has 1 rings (SSSR count). The van der Waals surface area contributed by atoms with E-state index in [2.05, 4.69) is 15.0 Å². The van der Waals surface area contributed by atoms with E-state index in [4.69, 9.17) is 4.74 Å². The van der Waals surface area contributed by atoms with Crippen molar-refractivity contribution < 1.29 is 22.7 Å². The van der Waals surface area contributed by atoms with Gasteiger partial charge in [-0.05, 0) is 32.9 Å². The Kier molecular flexibility index (Phi) is 7.11. The van der Waals surface area contributed by atoms with Crippen LogP contribution in [0.25, 0.3) is 0 Å². The van der Waals surface area contributed by atoms with Crippen LogP contribution in [0.2, 0.25) is 0 Å². The molecule has 1 aromatic rings. The lowest BCUT2D eigenvalue weighted by molar-refractivity contribution is -0.148. The molecule has 0 saturated heterocycles. The maximum Gasteiger partial charge on any atom is 0.310 e. The third-order valence-corrected chi connectivity index (χ3v) is 4.55. The van der Waals surface area contributed by atoms with Crippen LogP contribution < -0.4 is 10.0 Å². The summed E-state index contributed by atoms with van der Waals surface area (Å²) >= 11 is 0. The lowest BCUT2D eigenvalue weighted by atomic mass is 10.0. The van der Waals surface area contributed by atoms with E-state index in [0.717, 1.165) is 0 Å². The molecule has 0 spiro atoms. The Morgan fingerprint density at radius 1 is 1.35 bits per heavy atom. The SMILES string of the molecule is CCOC(=O)C(C)C(C)NC(=O)CNS(=O)(=O)c1cccnc1. The quantitative estimate of drug-likeness (QED) is 0.645. The molecule has 0 bridgehead atoms. The first kappa shape index (κ1) is 19.0. The van der Waals surface area contributed by atoms with Crippen molar-refractivity contribution in [1.29, 1.82) is 0 Å². The fraction of sp³-hybridized carbons (Fsp3) is 0.500. The molecule has 0 aliphatic rings. The second-order valence-electron chi connectivity index (χ2n) is 4.91. The highest BCUT2D eigenvalue weighted by atomic mass is 32.2. The minimum atomic E-state index is -3.80. The summed E-state index contributed by atoms with van der Waals surface area (Å²) in [6.45, 7) is 4.80. The number of ether oxygens (including phenoxy) is 1. The van der Waals surface area contributed by atoms with E-state index in [0.29, 0.717) is 0 Å². The zero-order valence-corrected chi connectivity index (χ0v) is 14.1. The van der Waals surface area contributed by atoms with Gasteiger partial charge in [0.1, 0.15) is 4.90 Å². The van der Waals surface area contributed by atoms with Crippen LogP contribution in [0.4, 0.5) is 0 Å². The summed E-state index contributed by atoms with van der Waals surface area (Å²) in [7, 11) is -3.80. The van der Waals surface area contributed by atoms with Crippen molar-refractivity contribution in [2.75, 3.05) is 13.2 Å². The second kappa shape index (κ2) is 8.59. The Bertz CT molecular complexity index is 633. The van der Waals surface area contributed by atoms with Crippen LogP contribution in [0, 0.1) is 5.92 Å². The van der Waals surface area contributed by atoms with E-state index in [1.807, 2.05) is 0 Å². The molecule has 0 aromatic carbocycles. The van der Waals surface area contributed by atoms with Gasteiger partial charge in [0.2, 0.25) is 15.9 Å². The van der Waals surface area contributed by atoms with Gasteiger partial charge < -0.3 is 10.1 Å². The maximum atomic E-state index is 11.9. The number of esters is 1. The number of aromatic nitrogens is 1. The van der Waals surface area contributed by atoms with Gasteiger partial charge >= 0.3 is 5.97 Å². The van der Waals surface area contributed by atoms with Crippen LogP contribution >= 0.6 is 0 Å². The minimum absolute atomic E-state index is 0.0271. The molecule has 1 heterocycles. The van der Waals surface area contributed by atoms with Crippen LogP contribution in [0.3, 0.4) is 0 Å². The third-order valence-electron chi connectivity index (χ3n) is 3.16. The summed E-state index contributed by atoms with van der Waals surface area (Å²) in [6.07, 6.45) is 2.63. The van der Waals surface area contributed by atoms with E-state index in [1.165, 1.54) is 24.5 Å². The van der Waals surface area contributed by atoms with Gasteiger partial charge in [0.05, 0.1) is 19.1 Å². The number of hydrogen-bond acceptors (Lipinski definition) is 6. The van der Waals surface area contributed by atoms with Crippen molar-refractivity contribution >= 4 is 21.9 Å². The molecular weight excluding hydrogens is 322 g/mol. The van der Waals surface area contributed by atoms with E-state index in [9.17, 15) is 18.0 Å². The zero-order chi connectivity index (χ0) is 17.5. The summed E-state index contributed by atoms with van der Waals surface area (Å²) in [4.78, 5) is 27.1. The normalized spacial score (nSPS) is 13.9. The van der Waals surface area contributed by atoms with Crippen molar-refractivity contribution in [2.24, 2.45) is 5.92 Å². The molecule has 1 amide bonds. The number of sulfonamides is 1. The Hall–Kier alpha value is -2.00. The average Bonchev–Trinajstić information content (AvgIpc) is 2.53. The van der Waals surface area contributed by atoms with Crippen LogP contribution in [-0.4, -0.2) is 44.5 Å². The van der Waals surface area contributed by atoms with Gasteiger partial charge in [0.15, 0.2) is 0 Å². The molecule has 1 aromatic heterocycles. The monoisotopic (exact) mass is 343 g/mol. The first-order valence-corrected chi connectivity index (χ1v) is 8.62. The van der Waals surface area contributed by atoms with Crippen molar-refractivity contribution in [2.45, 2.75) is 31.7 Å². The topological polar surface area (TPSA) is 114 Å². The van der Waals surface area contributed by atoms with Crippen molar-refractivity contribution in [3.05, 3.63) is 24.5 Å². The van der Waals surface area contributed by atoms with Crippen molar-refractivity contribution in [3.8, 4) is 0 Å². The van der Waals surface area contributed by atoms with Gasteiger partial charge in [0.25, 0.3) is 0 Å². The lowest BCUT2D eigenvalue weighted by Gasteiger charge is -2.19. The Morgan fingerprint density at radius 3 is 2.61 bits per heavy atom. The van der Waals surface area contributed by atoms with Crippen molar-refractivity contribution in [3.63, 3.8) is 0 Å². The van der Waals surface area contributed by atoms with Crippen LogP contribution in [0.15, 0.2) is 29.4 Å². The molecule has 0 saturated carbocycles. The Morgan fingerprint density at radius 2 is 2.04 bits per heavy atom. The van der Waals surface area contributed by atoms with Gasteiger partial charge in [0, 0.05) is 18.4 Å². The van der Waals surface area contributed by atoms with Gasteiger partial charge in [-0.3, -0.25) is 14.6 Å². The Labute approximate surface area is 135 Å². The number of carbonyl (C=O) groups is 2. The third kappa shape index (κ3) is 5.95. The molecule has 0 fully saturated rings. The fourth-order valence-electron chi connectivity index (χ4n) is 1.66. The summed E-state index contributed by atoms with van der Waals surface area (Å²) in [6, 6.07) is 2.38. The molecule has 2 N–H and O–H groups in total. The smallest absolute Gasteiger partial charge is 0.310 e. The lowest BCUT2D eigenvalue weighted by Crippen LogP contribution is -2.45. The number of rotatable bonds is 8. The molecule has 0 aliphatic carbocycles.